The molecule has 0 aromatic carbocycles. The van der Waals surface area contributed by atoms with Crippen LogP contribution in [0.25, 0.3) is 0 Å². The van der Waals surface area contributed by atoms with Gasteiger partial charge in [-0.15, -0.1) is 0 Å². The molecule has 0 spiro atoms. The summed E-state index contributed by atoms with van der Waals surface area (Å²) < 4.78 is 128. The number of carbonyl (C=O) groups excluding carboxylic acids is 7. The van der Waals surface area contributed by atoms with Gasteiger partial charge < -0.3 is 38.5 Å². The van der Waals surface area contributed by atoms with E-state index in [1.807, 2.05) is 5.32 Å². The maximum Gasteiger partial charge on any atom is 0.459 e. The van der Waals surface area contributed by atoms with Crippen LogP contribution in [-0.2, 0) is 66.7 Å². The molecule has 22 heteroatoms. The second-order valence-corrected chi connectivity index (χ2v) is 10.2. The van der Waals surface area contributed by atoms with Crippen LogP contribution in [0, 0.1) is 0 Å². The number of amides is 1. The van der Waals surface area contributed by atoms with Crippen molar-refractivity contribution in [2.75, 3.05) is 13.7 Å². The van der Waals surface area contributed by atoms with E-state index in [0.29, 0.717) is 0 Å². The number of rotatable bonds is 14. The highest BCUT2D eigenvalue weighted by atomic mass is 19.4. The van der Waals surface area contributed by atoms with E-state index in [1.54, 1.807) is 0 Å². The van der Waals surface area contributed by atoms with Crippen molar-refractivity contribution in [3.8, 4) is 0 Å². The quantitative estimate of drug-likeness (QED) is 0.155. The third kappa shape index (κ3) is 10.9. The molecule has 0 aromatic heterocycles. The maximum atomic E-state index is 14.0. The first-order valence-corrected chi connectivity index (χ1v) is 13.5. The van der Waals surface area contributed by atoms with Gasteiger partial charge in [0, 0.05) is 47.5 Å². The van der Waals surface area contributed by atoms with Crippen LogP contribution in [-0.4, -0.2) is 110 Å². The molecular formula is C26H32F7NO14. The van der Waals surface area contributed by atoms with Crippen LogP contribution in [0.1, 0.15) is 53.9 Å². The Labute approximate surface area is 266 Å². The van der Waals surface area contributed by atoms with E-state index in [1.165, 1.54) is 0 Å². The minimum atomic E-state index is -6.70. The lowest BCUT2D eigenvalue weighted by atomic mass is 9.87. The zero-order valence-corrected chi connectivity index (χ0v) is 26.1. The Kier molecular flexibility index (Phi) is 14.1. The lowest BCUT2D eigenvalue weighted by Gasteiger charge is -2.48. The molecule has 0 saturated carbocycles. The summed E-state index contributed by atoms with van der Waals surface area (Å²) in [6.45, 7) is 3.16. The van der Waals surface area contributed by atoms with Crippen molar-refractivity contribution < 1.29 is 97.5 Å². The second-order valence-electron chi connectivity index (χ2n) is 10.2. The van der Waals surface area contributed by atoms with E-state index < -0.39 is 122 Å². The van der Waals surface area contributed by atoms with Gasteiger partial charge in [-0.05, 0) is 0 Å². The van der Waals surface area contributed by atoms with Gasteiger partial charge in [0.15, 0.2) is 12.2 Å². The highest BCUT2D eigenvalue weighted by Gasteiger charge is 2.72. The molecule has 0 radical (unpaired) electrons. The molecule has 6 atom stereocenters. The molecule has 1 unspecified atom stereocenters. The summed E-state index contributed by atoms with van der Waals surface area (Å²) in [4.78, 5) is 85.7. The van der Waals surface area contributed by atoms with Gasteiger partial charge in [0.25, 0.3) is 0 Å². The minimum absolute atomic E-state index is 0.778. The van der Waals surface area contributed by atoms with Gasteiger partial charge in [0.05, 0.1) is 19.6 Å². The van der Waals surface area contributed by atoms with E-state index in [2.05, 4.69) is 4.74 Å². The smallest absolute Gasteiger partial charge is 0.459 e. The summed E-state index contributed by atoms with van der Waals surface area (Å²) >= 11 is 0. The summed E-state index contributed by atoms with van der Waals surface area (Å²) in [6.07, 6.45) is -20.1. The number of halogens is 7. The molecule has 0 bridgehead atoms. The largest absolute Gasteiger partial charge is 0.464 e. The van der Waals surface area contributed by atoms with Crippen molar-refractivity contribution >= 4 is 41.7 Å². The molecule has 1 fully saturated rings. The maximum absolute atomic E-state index is 14.0. The lowest BCUT2D eigenvalue weighted by molar-refractivity contribution is -0.355. The minimum Gasteiger partial charge on any atom is -0.464 e. The number of hydrogen-bond donors (Lipinski definition) is 1. The van der Waals surface area contributed by atoms with Gasteiger partial charge in [-0.3, -0.25) is 28.8 Å². The van der Waals surface area contributed by atoms with E-state index >= 15 is 0 Å². The summed E-state index contributed by atoms with van der Waals surface area (Å²) in [5.74, 6) is -24.2. The van der Waals surface area contributed by atoms with Crippen molar-refractivity contribution in [2.45, 2.75) is 108 Å². The molecule has 0 aliphatic carbocycles. The predicted octanol–water partition coefficient (Wildman–Crippen LogP) is 1.66. The van der Waals surface area contributed by atoms with Crippen LogP contribution in [0.2, 0.25) is 0 Å². The third-order valence-corrected chi connectivity index (χ3v) is 6.24. The molecule has 0 aromatic rings. The van der Waals surface area contributed by atoms with E-state index in [4.69, 9.17) is 28.4 Å². The van der Waals surface area contributed by atoms with Gasteiger partial charge in [-0.2, -0.15) is 30.7 Å². The topological polar surface area (TPSA) is 196 Å². The van der Waals surface area contributed by atoms with Crippen LogP contribution in [0.3, 0.4) is 0 Å². The Balaban J connectivity index is 3.87. The highest BCUT2D eigenvalue weighted by Crippen LogP contribution is 2.48. The molecule has 48 heavy (non-hydrogen) atoms. The van der Waals surface area contributed by atoms with Gasteiger partial charge in [0.1, 0.15) is 18.8 Å². The van der Waals surface area contributed by atoms with Crippen LogP contribution in [0.15, 0.2) is 0 Å². The Hall–Kier alpha value is -4.24. The molecule has 1 amide bonds. The molecule has 1 rings (SSSR count). The summed E-state index contributed by atoms with van der Waals surface area (Å²) in [5.41, 5.74) is 0. The fraction of sp³-hybridized carbons (Fsp3) is 0.731. The number of methoxy groups -OCH3 is 1. The van der Waals surface area contributed by atoms with Crippen LogP contribution in [0.4, 0.5) is 30.7 Å². The predicted molar refractivity (Wildman–Crippen MR) is 136 cm³/mol. The second kappa shape index (κ2) is 16.2. The monoisotopic (exact) mass is 715 g/mol. The highest BCUT2D eigenvalue weighted by molar-refractivity contribution is 5.82. The van der Waals surface area contributed by atoms with Crippen molar-refractivity contribution in [1.29, 1.82) is 0 Å². The van der Waals surface area contributed by atoms with E-state index in [-0.39, 0.29) is 0 Å². The average Bonchev–Trinajstić information content (AvgIpc) is 2.92. The zero-order chi connectivity index (χ0) is 37.4. The molecule has 1 heterocycles. The van der Waals surface area contributed by atoms with Crippen LogP contribution < -0.4 is 5.32 Å². The normalized spacial score (nSPS) is 22.6. The molecule has 274 valence electrons. The third-order valence-electron chi connectivity index (χ3n) is 6.24. The SMILES string of the molecule is COC(=O)[C@]1(OC(C)=O)C[C@H](OC(C)=O)[C@@H](NC(=O)CCC(F)(F)C(F)(F)C(F)(F)F)C([C@@H](OC(C)=O)[C@@H](COC(C)=O)OC(C)=O)O1. The Morgan fingerprint density at radius 2 is 1.40 bits per heavy atom. The Morgan fingerprint density at radius 3 is 1.83 bits per heavy atom. The molecule has 1 N–H and O–H groups in total. The Morgan fingerprint density at radius 1 is 0.833 bits per heavy atom. The van der Waals surface area contributed by atoms with Gasteiger partial charge in [0.2, 0.25) is 5.91 Å². The number of carbonyl (C=O) groups is 7. The first-order valence-electron chi connectivity index (χ1n) is 13.5. The van der Waals surface area contributed by atoms with E-state index in [9.17, 15) is 64.3 Å². The standard InChI is InChI=1S/C26H32F7NO14/c1-11(35)43-10-17(45-13(3)37)20(46-14(4)38)21-19(34-18(40)7-8-24(27,28)25(29,30)26(31,32)33)16(44-12(2)36)9-23(48-21,22(41)42-6)47-15(5)39/h16-17,19-21H,7-10H2,1-6H3,(H,34,40)/t16-,17+,19+,20-,21?,23-/m0/s1. The fourth-order valence-corrected chi connectivity index (χ4v) is 4.39. The fourth-order valence-electron chi connectivity index (χ4n) is 4.39. The average molecular weight is 716 g/mol. The summed E-state index contributed by atoms with van der Waals surface area (Å²) in [6, 6.07) is -2.05. The van der Waals surface area contributed by atoms with Crippen molar-refractivity contribution in [1.82, 2.24) is 5.32 Å². The number of alkyl halides is 7. The molecular weight excluding hydrogens is 683 g/mol. The first kappa shape index (κ1) is 41.8. The number of nitrogens with one attached hydrogen (secondary N) is 1. The molecule has 1 saturated heterocycles. The van der Waals surface area contributed by atoms with Gasteiger partial charge >= 0.3 is 59.6 Å². The Bertz CT molecular complexity index is 1240. The van der Waals surface area contributed by atoms with Crippen molar-refractivity contribution in [2.24, 2.45) is 0 Å². The number of esters is 6. The van der Waals surface area contributed by atoms with Crippen molar-refractivity contribution in [3.63, 3.8) is 0 Å². The molecule has 1 aliphatic heterocycles. The van der Waals surface area contributed by atoms with Crippen LogP contribution >= 0.6 is 0 Å². The van der Waals surface area contributed by atoms with Gasteiger partial charge in [-0.1, -0.05) is 0 Å². The van der Waals surface area contributed by atoms with Gasteiger partial charge in [-0.25, -0.2) is 4.79 Å². The zero-order valence-electron chi connectivity index (χ0n) is 26.1. The number of ether oxygens (including phenoxy) is 7. The summed E-state index contributed by atoms with van der Waals surface area (Å²) in [5, 5.41) is 1.93. The van der Waals surface area contributed by atoms with Crippen molar-refractivity contribution in [3.05, 3.63) is 0 Å². The number of hydrogen-bond acceptors (Lipinski definition) is 14. The first-order chi connectivity index (χ1) is 21.8. The summed E-state index contributed by atoms with van der Waals surface area (Å²) in [7, 11) is 0.781. The van der Waals surface area contributed by atoms with Crippen LogP contribution in [0.5, 0.6) is 0 Å². The lowest BCUT2D eigenvalue weighted by Crippen LogP contribution is -2.69. The van der Waals surface area contributed by atoms with E-state index in [0.717, 1.165) is 41.7 Å². The molecule has 1 aliphatic rings. The molecule has 15 nitrogen and oxygen atoms in total.